The number of carbonyl (C=O) groups is 1. The van der Waals surface area contributed by atoms with Crippen LogP contribution >= 0.6 is 0 Å². The van der Waals surface area contributed by atoms with Crippen LogP contribution in [0.1, 0.15) is 73.0 Å². The summed E-state index contributed by atoms with van der Waals surface area (Å²) in [6.45, 7) is 7.48. The van der Waals surface area contributed by atoms with Gasteiger partial charge in [0.15, 0.2) is 0 Å². The number of unbranched alkanes of at least 4 members (excludes halogenated alkanes) is 2. The van der Waals surface area contributed by atoms with Crippen LogP contribution < -0.4 is 4.72 Å². The lowest BCUT2D eigenvalue weighted by molar-refractivity contribution is 0.0696. The predicted octanol–water partition coefficient (Wildman–Crippen LogP) is 5.12. The number of carboxylic acids is 1. The fourth-order valence-electron chi connectivity index (χ4n) is 4.70. The van der Waals surface area contributed by atoms with Crippen molar-refractivity contribution in [1.82, 2.24) is 4.90 Å². The van der Waals surface area contributed by atoms with Gasteiger partial charge in [-0.15, -0.1) is 0 Å². The van der Waals surface area contributed by atoms with Crippen molar-refractivity contribution in [2.75, 3.05) is 24.4 Å². The minimum atomic E-state index is -3.91. The summed E-state index contributed by atoms with van der Waals surface area (Å²) in [6, 6.07) is 10.5. The lowest BCUT2D eigenvalue weighted by Crippen LogP contribution is -2.23. The zero-order valence-corrected chi connectivity index (χ0v) is 20.6. The summed E-state index contributed by atoms with van der Waals surface area (Å²) in [5.74, 6) is -1.09. The van der Waals surface area contributed by atoms with Gasteiger partial charge in [-0.1, -0.05) is 44.5 Å². The van der Waals surface area contributed by atoms with E-state index in [1.807, 2.05) is 18.2 Å². The summed E-state index contributed by atoms with van der Waals surface area (Å²) < 4.78 is 29.2. The average Bonchev–Trinajstić information content (AvgIpc) is 2.81. The first kappa shape index (κ1) is 25.2. The molecule has 0 heterocycles. The molecular formula is C26H36N2O4S. The number of nitrogens with zero attached hydrogens (tertiary/aromatic N) is 1. The Balaban J connectivity index is 1.76. The van der Waals surface area contributed by atoms with Crippen molar-refractivity contribution >= 4 is 21.7 Å². The zero-order valence-electron chi connectivity index (χ0n) is 19.8. The Morgan fingerprint density at radius 1 is 1.00 bits per heavy atom. The molecule has 0 aliphatic heterocycles. The van der Waals surface area contributed by atoms with Crippen molar-refractivity contribution in [3.05, 3.63) is 58.7 Å². The summed E-state index contributed by atoms with van der Waals surface area (Å²) in [6.07, 6.45) is 7.15. The van der Waals surface area contributed by atoms with Gasteiger partial charge in [0.05, 0.1) is 16.1 Å². The second kappa shape index (κ2) is 11.7. The van der Waals surface area contributed by atoms with Gasteiger partial charge in [-0.2, -0.15) is 0 Å². The molecule has 0 fully saturated rings. The Bertz CT molecular complexity index is 1060. The molecule has 0 atom stereocenters. The summed E-state index contributed by atoms with van der Waals surface area (Å²) in [4.78, 5) is 14.7. The van der Waals surface area contributed by atoms with E-state index in [4.69, 9.17) is 0 Å². The molecule has 7 heteroatoms. The Hall–Kier alpha value is -2.38. The summed E-state index contributed by atoms with van der Waals surface area (Å²) in [7, 11) is -3.91. The smallest absolute Gasteiger partial charge is 0.338 e. The first-order chi connectivity index (χ1) is 15.9. The van der Waals surface area contributed by atoms with Crippen molar-refractivity contribution in [3.63, 3.8) is 0 Å². The van der Waals surface area contributed by atoms with Crippen LogP contribution in [0.25, 0.3) is 0 Å². The Morgan fingerprint density at radius 2 is 1.73 bits per heavy atom. The minimum Gasteiger partial charge on any atom is -0.478 e. The molecule has 0 radical (unpaired) electrons. The monoisotopic (exact) mass is 472 g/mol. The van der Waals surface area contributed by atoms with Crippen LogP contribution in [0, 0.1) is 0 Å². The second-order valence-electron chi connectivity index (χ2n) is 8.69. The maximum absolute atomic E-state index is 13.3. The molecule has 1 aliphatic carbocycles. The van der Waals surface area contributed by atoms with E-state index in [-0.39, 0.29) is 16.1 Å². The van der Waals surface area contributed by atoms with Crippen LogP contribution in [-0.2, 0) is 29.3 Å². The highest BCUT2D eigenvalue weighted by molar-refractivity contribution is 7.92. The van der Waals surface area contributed by atoms with Crippen LogP contribution in [0.4, 0.5) is 5.69 Å². The highest BCUT2D eigenvalue weighted by Crippen LogP contribution is 2.31. The van der Waals surface area contributed by atoms with Crippen LogP contribution in [0.15, 0.2) is 41.3 Å². The van der Waals surface area contributed by atoms with Crippen molar-refractivity contribution in [2.24, 2.45) is 0 Å². The number of aromatic carboxylic acids is 1. The van der Waals surface area contributed by atoms with E-state index in [0.29, 0.717) is 12.8 Å². The highest BCUT2D eigenvalue weighted by atomic mass is 32.2. The number of nitrogens with one attached hydrogen (secondary N) is 1. The number of aryl methyl sites for hydroxylation is 2. The number of hydrogen-bond acceptors (Lipinski definition) is 4. The third-order valence-electron chi connectivity index (χ3n) is 6.57. The van der Waals surface area contributed by atoms with E-state index in [1.165, 1.54) is 0 Å². The molecular weight excluding hydrogens is 436 g/mol. The van der Waals surface area contributed by atoms with E-state index in [2.05, 4.69) is 23.5 Å². The normalized spacial score (nSPS) is 13.7. The van der Waals surface area contributed by atoms with E-state index in [9.17, 15) is 18.3 Å². The zero-order chi connectivity index (χ0) is 23.8. The molecule has 3 rings (SSSR count). The van der Waals surface area contributed by atoms with E-state index in [1.54, 1.807) is 18.2 Å². The van der Waals surface area contributed by atoms with Crippen molar-refractivity contribution in [3.8, 4) is 0 Å². The molecule has 33 heavy (non-hydrogen) atoms. The lowest BCUT2D eigenvalue weighted by Gasteiger charge is -2.21. The van der Waals surface area contributed by atoms with Crippen LogP contribution in [0.5, 0.6) is 0 Å². The first-order valence-electron chi connectivity index (χ1n) is 12.1. The number of rotatable bonds is 12. The van der Waals surface area contributed by atoms with Gasteiger partial charge in [0.2, 0.25) is 0 Å². The number of benzene rings is 2. The molecule has 1 aliphatic rings. The van der Waals surface area contributed by atoms with Gasteiger partial charge in [-0.25, -0.2) is 13.2 Å². The van der Waals surface area contributed by atoms with Gasteiger partial charge >= 0.3 is 5.97 Å². The molecule has 0 saturated heterocycles. The topological polar surface area (TPSA) is 86.7 Å². The average molecular weight is 473 g/mol. The number of hydrogen-bond donors (Lipinski definition) is 2. The molecule has 0 bridgehead atoms. The van der Waals surface area contributed by atoms with Gasteiger partial charge in [0, 0.05) is 0 Å². The summed E-state index contributed by atoms with van der Waals surface area (Å²) in [5.41, 5.74) is 2.77. The molecule has 180 valence electrons. The molecule has 0 amide bonds. The lowest BCUT2D eigenvalue weighted by atomic mass is 9.87. The molecule has 6 nitrogen and oxygen atoms in total. The molecule has 0 unspecified atom stereocenters. The fourth-order valence-corrected chi connectivity index (χ4v) is 6.04. The molecule has 0 saturated carbocycles. The van der Waals surface area contributed by atoms with Crippen molar-refractivity contribution in [1.29, 1.82) is 0 Å². The van der Waals surface area contributed by atoms with Gasteiger partial charge in [-0.3, -0.25) is 4.72 Å². The molecule has 2 N–H and O–H groups in total. The van der Waals surface area contributed by atoms with Crippen LogP contribution in [0.3, 0.4) is 0 Å². The van der Waals surface area contributed by atoms with Crippen LogP contribution in [-0.4, -0.2) is 44.0 Å². The molecule has 0 spiro atoms. The van der Waals surface area contributed by atoms with Gasteiger partial charge in [0.1, 0.15) is 0 Å². The largest absolute Gasteiger partial charge is 0.478 e. The maximum atomic E-state index is 13.3. The maximum Gasteiger partial charge on any atom is 0.338 e. The second-order valence-corrected chi connectivity index (χ2v) is 10.3. The van der Waals surface area contributed by atoms with Gasteiger partial charge < -0.3 is 10.0 Å². The molecule has 2 aromatic rings. The number of carboxylic acid groups (broad SMARTS) is 1. The Kier molecular flexibility index (Phi) is 8.92. The van der Waals surface area contributed by atoms with Gasteiger partial charge in [-0.05, 0) is 93.4 Å². The molecule has 2 aromatic carbocycles. The SMILES string of the molecule is CCN(CC)CCCCCc1ccccc1S(=O)(=O)Nc1ccc2c(c1C(=O)O)CCCC2. The Labute approximate surface area is 198 Å². The third-order valence-corrected chi connectivity index (χ3v) is 8.03. The van der Waals surface area contributed by atoms with E-state index >= 15 is 0 Å². The minimum absolute atomic E-state index is 0.0876. The first-order valence-corrected chi connectivity index (χ1v) is 13.6. The third kappa shape index (κ3) is 6.36. The Morgan fingerprint density at radius 3 is 2.45 bits per heavy atom. The van der Waals surface area contributed by atoms with Crippen LogP contribution in [0.2, 0.25) is 0 Å². The number of sulfonamides is 1. The summed E-state index contributed by atoms with van der Waals surface area (Å²) >= 11 is 0. The van der Waals surface area contributed by atoms with E-state index < -0.39 is 16.0 Å². The van der Waals surface area contributed by atoms with Crippen molar-refractivity contribution in [2.45, 2.75) is 70.1 Å². The highest BCUT2D eigenvalue weighted by Gasteiger charge is 2.25. The predicted molar refractivity (Wildman–Crippen MR) is 133 cm³/mol. The number of anilines is 1. The quantitative estimate of drug-likeness (QED) is 0.419. The van der Waals surface area contributed by atoms with Gasteiger partial charge in [0.25, 0.3) is 10.0 Å². The fraction of sp³-hybridized carbons (Fsp3) is 0.500. The number of fused-ring (bicyclic) bond motifs is 1. The molecule has 0 aromatic heterocycles. The standard InChI is InChI=1S/C26H36N2O4S/c1-3-28(4-2)19-11-5-6-13-21-14-8-10-16-24(21)33(31,32)27-23-18-17-20-12-7-9-15-22(20)25(23)26(29)30/h8,10,14,16-18,27H,3-7,9,11-13,15,19H2,1-2H3,(H,29,30). The van der Waals surface area contributed by atoms with Crippen molar-refractivity contribution < 1.29 is 18.3 Å². The van der Waals surface area contributed by atoms with E-state index in [0.717, 1.165) is 74.8 Å². The summed E-state index contributed by atoms with van der Waals surface area (Å²) in [5, 5.41) is 9.85.